The number of carbonyl (C=O) groups is 2. The fraction of sp³-hybridized carbons (Fsp3) is 0.364. The zero-order valence-electron chi connectivity index (χ0n) is 15.8. The van der Waals surface area contributed by atoms with Gasteiger partial charge in [-0.15, -0.1) is 0 Å². The summed E-state index contributed by atoms with van der Waals surface area (Å²) in [6.45, 7) is 1.84. The number of piperidine rings is 1. The molecule has 2 aliphatic rings. The molecule has 2 aliphatic heterocycles. The van der Waals surface area contributed by atoms with Gasteiger partial charge in [-0.3, -0.25) is 9.59 Å². The Bertz CT molecular complexity index is 940. The lowest BCUT2D eigenvalue weighted by atomic mass is 9.96. The van der Waals surface area contributed by atoms with Crippen molar-refractivity contribution in [3.8, 4) is 11.5 Å². The standard InChI is InChI=1S/C22H21ClFNO4/c23-19-3-2-18(11-20(19)24)28-12-14-5-7-25(8-6-14)22(27)15-1-4-21-16(9-15)10-17(26)13-29-21/h1-4,9,11,14H,5-8,10,12-13H2. The molecule has 0 unspecified atom stereocenters. The third-order valence-corrected chi connectivity index (χ3v) is 5.67. The molecule has 7 heteroatoms. The lowest BCUT2D eigenvalue weighted by molar-refractivity contribution is -0.121. The van der Waals surface area contributed by atoms with E-state index >= 15 is 0 Å². The van der Waals surface area contributed by atoms with E-state index < -0.39 is 5.82 Å². The van der Waals surface area contributed by atoms with Crippen LogP contribution in [0, 0.1) is 11.7 Å². The van der Waals surface area contributed by atoms with Gasteiger partial charge in [-0.25, -0.2) is 4.39 Å². The Morgan fingerprint density at radius 1 is 1.21 bits per heavy atom. The molecule has 0 saturated carbocycles. The predicted octanol–water partition coefficient (Wildman–Crippen LogP) is 3.91. The molecule has 1 fully saturated rings. The van der Waals surface area contributed by atoms with Crippen molar-refractivity contribution in [1.82, 2.24) is 4.90 Å². The summed E-state index contributed by atoms with van der Waals surface area (Å²) in [6, 6.07) is 9.69. The highest BCUT2D eigenvalue weighted by atomic mass is 35.5. The van der Waals surface area contributed by atoms with E-state index in [0.29, 0.717) is 49.1 Å². The topological polar surface area (TPSA) is 55.8 Å². The molecule has 5 nitrogen and oxygen atoms in total. The van der Waals surface area contributed by atoms with Crippen LogP contribution in [0.3, 0.4) is 0 Å². The Labute approximate surface area is 173 Å². The van der Waals surface area contributed by atoms with Gasteiger partial charge < -0.3 is 14.4 Å². The number of ether oxygens (including phenoxy) is 2. The van der Waals surface area contributed by atoms with E-state index in [0.717, 1.165) is 18.4 Å². The number of carbonyl (C=O) groups excluding carboxylic acids is 2. The molecular formula is C22H21ClFNO4. The molecule has 0 atom stereocenters. The fourth-order valence-corrected chi connectivity index (χ4v) is 3.80. The molecule has 0 radical (unpaired) electrons. The lowest BCUT2D eigenvalue weighted by Crippen LogP contribution is -2.39. The predicted molar refractivity (Wildman–Crippen MR) is 106 cm³/mol. The van der Waals surface area contributed by atoms with E-state index in [1.54, 1.807) is 24.3 Å². The Hall–Kier alpha value is -2.60. The highest BCUT2D eigenvalue weighted by molar-refractivity contribution is 6.30. The summed E-state index contributed by atoms with van der Waals surface area (Å²) in [6.07, 6.45) is 1.93. The minimum atomic E-state index is -0.498. The van der Waals surface area contributed by atoms with Gasteiger partial charge in [0.1, 0.15) is 23.9 Å². The largest absolute Gasteiger partial charge is 0.493 e. The van der Waals surface area contributed by atoms with Gasteiger partial charge in [-0.05, 0) is 49.1 Å². The summed E-state index contributed by atoms with van der Waals surface area (Å²) in [7, 11) is 0. The summed E-state index contributed by atoms with van der Waals surface area (Å²) >= 11 is 5.68. The number of nitrogens with zero attached hydrogens (tertiary/aromatic N) is 1. The number of rotatable bonds is 4. The lowest BCUT2D eigenvalue weighted by Gasteiger charge is -2.32. The first-order valence-electron chi connectivity index (χ1n) is 9.64. The third-order valence-electron chi connectivity index (χ3n) is 5.36. The number of amides is 1. The molecule has 1 amide bonds. The number of likely N-dealkylation sites (tertiary alicyclic amines) is 1. The fourth-order valence-electron chi connectivity index (χ4n) is 3.68. The smallest absolute Gasteiger partial charge is 0.253 e. The van der Waals surface area contributed by atoms with E-state index in [1.165, 1.54) is 12.1 Å². The van der Waals surface area contributed by atoms with Crippen LogP contribution in [0.2, 0.25) is 5.02 Å². The van der Waals surface area contributed by atoms with Crippen LogP contribution >= 0.6 is 11.6 Å². The number of halogens is 2. The second-order valence-corrected chi connectivity index (χ2v) is 7.86. The van der Waals surface area contributed by atoms with Crippen molar-refractivity contribution in [2.75, 3.05) is 26.3 Å². The van der Waals surface area contributed by atoms with Gasteiger partial charge in [0, 0.05) is 36.7 Å². The molecule has 0 aliphatic carbocycles. The summed E-state index contributed by atoms with van der Waals surface area (Å²) in [5, 5.41) is 0.0716. The van der Waals surface area contributed by atoms with E-state index in [1.807, 2.05) is 4.90 Å². The molecule has 4 rings (SSSR count). The van der Waals surface area contributed by atoms with Crippen molar-refractivity contribution >= 4 is 23.3 Å². The van der Waals surface area contributed by atoms with Crippen LogP contribution in [0.5, 0.6) is 11.5 Å². The molecule has 2 aromatic rings. The SMILES string of the molecule is O=C1COc2ccc(C(=O)N3CCC(COc4ccc(Cl)c(F)c4)CC3)cc2C1. The highest BCUT2D eigenvalue weighted by Crippen LogP contribution is 2.27. The van der Waals surface area contributed by atoms with Crippen LogP contribution in [0.15, 0.2) is 36.4 Å². The summed E-state index contributed by atoms with van der Waals surface area (Å²) in [5.41, 5.74) is 1.35. The van der Waals surface area contributed by atoms with Crippen LogP contribution in [0.1, 0.15) is 28.8 Å². The summed E-state index contributed by atoms with van der Waals surface area (Å²) in [4.78, 5) is 26.2. The molecule has 29 heavy (non-hydrogen) atoms. The molecule has 2 aromatic carbocycles. The molecule has 0 bridgehead atoms. The van der Waals surface area contributed by atoms with E-state index in [-0.39, 0.29) is 23.3 Å². The van der Waals surface area contributed by atoms with Gasteiger partial charge >= 0.3 is 0 Å². The first kappa shape index (κ1) is 19.7. The Morgan fingerprint density at radius 2 is 2.00 bits per heavy atom. The molecule has 1 saturated heterocycles. The van der Waals surface area contributed by atoms with Crippen LogP contribution in [0.4, 0.5) is 4.39 Å². The average Bonchev–Trinajstić information content (AvgIpc) is 2.74. The van der Waals surface area contributed by atoms with Crippen LogP contribution in [0.25, 0.3) is 0 Å². The minimum Gasteiger partial charge on any atom is -0.493 e. The summed E-state index contributed by atoms with van der Waals surface area (Å²) in [5.74, 6) is 0.911. The van der Waals surface area contributed by atoms with E-state index in [9.17, 15) is 14.0 Å². The van der Waals surface area contributed by atoms with Crippen LogP contribution in [-0.4, -0.2) is 42.9 Å². The second-order valence-electron chi connectivity index (χ2n) is 7.45. The minimum absolute atomic E-state index is 0.0171. The van der Waals surface area contributed by atoms with Crippen molar-refractivity contribution in [3.05, 3.63) is 58.4 Å². The van der Waals surface area contributed by atoms with Gasteiger partial charge in [-0.2, -0.15) is 0 Å². The van der Waals surface area contributed by atoms with E-state index in [2.05, 4.69) is 0 Å². The monoisotopic (exact) mass is 417 g/mol. The maximum absolute atomic E-state index is 13.5. The van der Waals surface area contributed by atoms with Crippen LogP contribution in [-0.2, 0) is 11.2 Å². The maximum Gasteiger partial charge on any atom is 0.253 e. The van der Waals surface area contributed by atoms with Crippen molar-refractivity contribution in [2.45, 2.75) is 19.3 Å². The molecule has 2 heterocycles. The van der Waals surface area contributed by atoms with E-state index in [4.69, 9.17) is 21.1 Å². The third kappa shape index (κ3) is 4.53. The molecule has 0 aromatic heterocycles. The first-order chi connectivity index (χ1) is 14.0. The highest BCUT2D eigenvalue weighted by Gasteiger charge is 2.25. The molecule has 152 valence electrons. The summed E-state index contributed by atoms with van der Waals surface area (Å²) < 4.78 is 24.6. The number of benzene rings is 2. The van der Waals surface area contributed by atoms with Crippen molar-refractivity contribution in [2.24, 2.45) is 5.92 Å². The maximum atomic E-state index is 13.5. The van der Waals surface area contributed by atoms with Crippen molar-refractivity contribution in [1.29, 1.82) is 0 Å². The van der Waals surface area contributed by atoms with Gasteiger partial charge in [0.2, 0.25) is 0 Å². The Balaban J connectivity index is 1.31. The quantitative estimate of drug-likeness (QED) is 0.756. The number of hydrogen-bond acceptors (Lipinski definition) is 4. The molecular weight excluding hydrogens is 397 g/mol. The molecule has 0 spiro atoms. The normalized spacial score (nSPS) is 16.9. The zero-order valence-corrected chi connectivity index (χ0v) is 16.6. The zero-order chi connectivity index (χ0) is 20.4. The van der Waals surface area contributed by atoms with Gasteiger partial charge in [0.15, 0.2) is 5.78 Å². The number of Topliss-reactive ketones (excluding diaryl/α,β-unsaturated/α-hetero) is 1. The van der Waals surface area contributed by atoms with Crippen molar-refractivity contribution < 1.29 is 23.5 Å². The number of hydrogen-bond donors (Lipinski definition) is 0. The number of ketones is 1. The van der Waals surface area contributed by atoms with Gasteiger partial charge in [0.05, 0.1) is 11.6 Å². The van der Waals surface area contributed by atoms with Crippen molar-refractivity contribution in [3.63, 3.8) is 0 Å². The first-order valence-corrected chi connectivity index (χ1v) is 10.0. The number of fused-ring (bicyclic) bond motifs is 1. The average molecular weight is 418 g/mol. The Morgan fingerprint density at radius 3 is 2.76 bits per heavy atom. The second kappa shape index (κ2) is 8.41. The van der Waals surface area contributed by atoms with Gasteiger partial charge in [0.25, 0.3) is 5.91 Å². The molecule has 0 N–H and O–H groups in total. The van der Waals surface area contributed by atoms with Crippen LogP contribution < -0.4 is 9.47 Å². The Kier molecular flexibility index (Phi) is 5.72. The van der Waals surface area contributed by atoms with Gasteiger partial charge in [-0.1, -0.05) is 11.6 Å².